The summed E-state index contributed by atoms with van der Waals surface area (Å²) in [6.07, 6.45) is -0.775. The highest BCUT2D eigenvalue weighted by molar-refractivity contribution is 7.91. The molecule has 2 rings (SSSR count). The molecule has 1 aliphatic rings. The van der Waals surface area contributed by atoms with Crippen molar-refractivity contribution in [1.82, 2.24) is 14.5 Å². The Morgan fingerprint density at radius 3 is 2.24 bits per heavy atom. The number of piperidine rings is 1. The Morgan fingerprint density at radius 1 is 1.16 bits per heavy atom. The van der Waals surface area contributed by atoms with Crippen LogP contribution in [0.15, 0.2) is 24.3 Å². The van der Waals surface area contributed by atoms with Gasteiger partial charge in [-0.1, -0.05) is 25.1 Å². The van der Waals surface area contributed by atoms with Gasteiger partial charge >= 0.3 is 6.18 Å². The lowest BCUT2D eigenvalue weighted by molar-refractivity contribution is -0.137. The molecule has 1 heterocycles. The molecule has 0 radical (unpaired) electrons. The maximum absolute atomic E-state index is 13.0. The van der Waals surface area contributed by atoms with Gasteiger partial charge in [0.2, 0.25) is 15.9 Å². The Labute approximate surface area is 224 Å². The van der Waals surface area contributed by atoms with E-state index in [1.807, 2.05) is 13.8 Å². The summed E-state index contributed by atoms with van der Waals surface area (Å²) in [6.45, 7) is 6.15. The quantitative estimate of drug-likeness (QED) is 0.424. The fraction of sp³-hybridized carbons (Fsp3) is 0.696. The number of likely N-dealkylation sites (tertiary alicyclic amines) is 1. The van der Waals surface area contributed by atoms with Crippen molar-refractivity contribution in [2.24, 2.45) is 5.92 Å². The van der Waals surface area contributed by atoms with Gasteiger partial charge in [0.05, 0.1) is 17.6 Å². The molecule has 2 unspecified atom stereocenters. The van der Waals surface area contributed by atoms with E-state index in [0.717, 1.165) is 18.6 Å². The highest BCUT2D eigenvalue weighted by Crippen LogP contribution is 2.30. The molecule has 8 nitrogen and oxygen atoms in total. The van der Waals surface area contributed by atoms with Crippen LogP contribution >= 0.6 is 12.4 Å². The largest absolute Gasteiger partial charge is 0.416 e. The zero-order valence-corrected chi connectivity index (χ0v) is 23.9. The lowest BCUT2D eigenvalue weighted by Crippen LogP contribution is -2.53. The van der Waals surface area contributed by atoms with Crippen LogP contribution in [0.4, 0.5) is 13.2 Å². The highest BCUT2D eigenvalue weighted by Gasteiger charge is 2.33. The van der Waals surface area contributed by atoms with Gasteiger partial charge in [-0.15, -0.1) is 12.4 Å². The minimum absolute atomic E-state index is 0. The van der Waals surface area contributed by atoms with Crippen LogP contribution in [0.1, 0.15) is 37.8 Å². The number of benzene rings is 1. The summed E-state index contributed by atoms with van der Waals surface area (Å²) in [5, 5.41) is 0. The molecule has 2 atom stereocenters. The van der Waals surface area contributed by atoms with Gasteiger partial charge in [0.25, 0.3) is 0 Å². The van der Waals surface area contributed by atoms with Crippen molar-refractivity contribution in [2.45, 2.75) is 51.4 Å². The molecule has 1 aromatic rings. The SMILES string of the molecule is CCN(CC1CCN(C(=O)C(CS(C)(=O)=O)NS(C)(=O)=O)CC1)C(C)Cc1cccc(C(F)(F)F)c1.Cl. The van der Waals surface area contributed by atoms with Crippen molar-refractivity contribution in [2.75, 3.05) is 44.4 Å². The number of rotatable bonds is 11. The lowest BCUT2D eigenvalue weighted by Gasteiger charge is -2.37. The van der Waals surface area contributed by atoms with Gasteiger partial charge in [-0.3, -0.25) is 4.79 Å². The van der Waals surface area contributed by atoms with Crippen molar-refractivity contribution in [3.8, 4) is 0 Å². The molecule has 0 bridgehead atoms. The second-order valence-corrected chi connectivity index (χ2v) is 13.6. The van der Waals surface area contributed by atoms with E-state index in [-0.39, 0.29) is 24.4 Å². The second-order valence-electron chi connectivity index (χ2n) is 9.64. The van der Waals surface area contributed by atoms with E-state index >= 15 is 0 Å². The third-order valence-corrected chi connectivity index (χ3v) is 8.01. The van der Waals surface area contributed by atoms with Crippen LogP contribution < -0.4 is 4.72 Å². The zero-order chi connectivity index (χ0) is 27.3. The van der Waals surface area contributed by atoms with Gasteiger partial charge in [0, 0.05) is 31.9 Å². The molecule has 14 heteroatoms. The average molecular weight is 592 g/mol. The third-order valence-electron chi connectivity index (χ3n) is 6.36. The number of likely N-dealkylation sites (N-methyl/N-ethyl adjacent to an activating group) is 1. The summed E-state index contributed by atoms with van der Waals surface area (Å²) < 4.78 is 88.0. The lowest BCUT2D eigenvalue weighted by atomic mass is 9.94. The van der Waals surface area contributed by atoms with Crippen LogP contribution in [0.2, 0.25) is 0 Å². The minimum atomic E-state index is -4.38. The number of carbonyl (C=O) groups is 1. The number of amides is 1. The van der Waals surface area contributed by atoms with Crippen LogP contribution in [-0.4, -0.2) is 89.1 Å². The number of sulfonamides is 1. The normalized spacial score (nSPS) is 17.4. The summed E-state index contributed by atoms with van der Waals surface area (Å²) >= 11 is 0. The third kappa shape index (κ3) is 11.5. The van der Waals surface area contributed by atoms with E-state index in [9.17, 15) is 34.8 Å². The van der Waals surface area contributed by atoms with Gasteiger partial charge in [-0.05, 0) is 50.3 Å². The number of nitrogens with one attached hydrogen (secondary N) is 1. The molecular formula is C23H37ClF3N3O5S2. The standard InChI is InChI=1S/C23H36F3N3O5S2.ClH/c1-5-28(17(2)13-19-7-6-8-20(14-19)23(24,25)26)15-18-9-11-29(12-10-18)22(30)21(16-35(3,31)32)27-36(4,33)34;/h6-8,14,17-18,21,27H,5,9-13,15-16H2,1-4H3;1H. The number of halogens is 4. The van der Waals surface area contributed by atoms with Crippen LogP contribution in [0, 0.1) is 5.92 Å². The Hall–Kier alpha value is -1.41. The van der Waals surface area contributed by atoms with Gasteiger partial charge < -0.3 is 9.80 Å². The smallest absolute Gasteiger partial charge is 0.341 e. The molecular weight excluding hydrogens is 555 g/mol. The highest BCUT2D eigenvalue weighted by atomic mass is 35.5. The Morgan fingerprint density at radius 2 is 1.76 bits per heavy atom. The van der Waals surface area contributed by atoms with Crippen LogP contribution in [0.5, 0.6) is 0 Å². The van der Waals surface area contributed by atoms with Crippen molar-refractivity contribution < 1.29 is 34.8 Å². The van der Waals surface area contributed by atoms with E-state index in [2.05, 4.69) is 9.62 Å². The summed E-state index contributed by atoms with van der Waals surface area (Å²) in [7, 11) is -7.39. The van der Waals surface area contributed by atoms with Crippen LogP contribution in [-0.2, 0) is 37.3 Å². The number of nitrogens with zero attached hydrogens (tertiary/aromatic N) is 2. The number of alkyl halides is 3. The van der Waals surface area contributed by atoms with Crippen molar-refractivity contribution in [1.29, 1.82) is 0 Å². The van der Waals surface area contributed by atoms with E-state index in [1.54, 1.807) is 6.07 Å². The first-order valence-electron chi connectivity index (χ1n) is 11.8. The molecule has 214 valence electrons. The van der Waals surface area contributed by atoms with Crippen molar-refractivity contribution >= 4 is 38.2 Å². The first kappa shape index (κ1) is 33.6. The maximum atomic E-state index is 13.0. The molecule has 0 aromatic heterocycles. The Kier molecular flexibility index (Phi) is 12.3. The second kappa shape index (κ2) is 13.6. The summed E-state index contributed by atoms with van der Waals surface area (Å²) in [4.78, 5) is 16.6. The molecule has 0 spiro atoms. The predicted octanol–water partition coefficient (Wildman–Crippen LogP) is 2.58. The molecule has 37 heavy (non-hydrogen) atoms. The Balaban J connectivity index is 0.00000684. The number of sulfone groups is 1. The number of hydrogen-bond donors (Lipinski definition) is 1. The van der Waals surface area contributed by atoms with E-state index < -0.39 is 49.3 Å². The fourth-order valence-electron chi connectivity index (χ4n) is 4.57. The van der Waals surface area contributed by atoms with Gasteiger partial charge in [0.1, 0.15) is 15.9 Å². The van der Waals surface area contributed by atoms with Gasteiger partial charge in [-0.2, -0.15) is 13.2 Å². The molecule has 1 aliphatic heterocycles. The Bertz CT molecular complexity index is 1070. The average Bonchev–Trinajstić information content (AvgIpc) is 2.74. The molecule has 1 amide bonds. The molecule has 0 saturated carbocycles. The number of carbonyl (C=O) groups excluding carboxylic acids is 1. The van der Waals surface area contributed by atoms with Gasteiger partial charge in [0.15, 0.2) is 0 Å². The topological polar surface area (TPSA) is 104 Å². The monoisotopic (exact) mass is 591 g/mol. The number of hydrogen-bond acceptors (Lipinski definition) is 6. The fourth-order valence-corrected chi connectivity index (χ4v) is 6.21. The first-order chi connectivity index (χ1) is 16.5. The first-order valence-corrected chi connectivity index (χ1v) is 15.8. The minimum Gasteiger partial charge on any atom is -0.341 e. The molecule has 0 aliphatic carbocycles. The van der Waals surface area contributed by atoms with Gasteiger partial charge in [-0.25, -0.2) is 21.6 Å². The molecule has 1 N–H and O–H groups in total. The van der Waals surface area contributed by atoms with Crippen LogP contribution in [0.25, 0.3) is 0 Å². The van der Waals surface area contributed by atoms with Crippen molar-refractivity contribution in [3.05, 3.63) is 35.4 Å². The summed E-state index contributed by atoms with van der Waals surface area (Å²) in [5.41, 5.74) is -0.0432. The van der Waals surface area contributed by atoms with E-state index in [4.69, 9.17) is 0 Å². The zero-order valence-electron chi connectivity index (χ0n) is 21.5. The van der Waals surface area contributed by atoms with E-state index in [0.29, 0.717) is 51.0 Å². The summed E-state index contributed by atoms with van der Waals surface area (Å²) in [5.74, 6) is -0.932. The maximum Gasteiger partial charge on any atom is 0.416 e. The molecule has 1 saturated heterocycles. The molecule has 1 aromatic carbocycles. The molecule has 1 fully saturated rings. The summed E-state index contributed by atoms with van der Waals surface area (Å²) in [6, 6.07) is 4.01. The van der Waals surface area contributed by atoms with Crippen LogP contribution in [0.3, 0.4) is 0 Å². The van der Waals surface area contributed by atoms with Crippen molar-refractivity contribution in [3.63, 3.8) is 0 Å². The predicted molar refractivity (Wildman–Crippen MR) is 140 cm³/mol. The van der Waals surface area contributed by atoms with E-state index in [1.165, 1.54) is 17.0 Å².